The van der Waals surface area contributed by atoms with Crippen LogP contribution in [0, 0.1) is 12.8 Å². The maximum atomic E-state index is 13.3. The van der Waals surface area contributed by atoms with Gasteiger partial charge in [-0.05, 0) is 6.92 Å². The summed E-state index contributed by atoms with van der Waals surface area (Å²) in [5, 5.41) is 13.5. The zero-order valence-corrected chi connectivity index (χ0v) is 11.8. The third-order valence-corrected chi connectivity index (χ3v) is 3.11. The van der Waals surface area contributed by atoms with Crippen LogP contribution in [0.4, 0.5) is 13.2 Å². The lowest BCUT2D eigenvalue weighted by molar-refractivity contribution is -0.384. The van der Waals surface area contributed by atoms with Crippen molar-refractivity contribution < 1.29 is 27.9 Å². The van der Waals surface area contributed by atoms with Crippen molar-refractivity contribution in [1.29, 1.82) is 0 Å². The second-order valence-electron chi connectivity index (χ2n) is 5.28. The van der Waals surface area contributed by atoms with Crippen molar-refractivity contribution in [2.45, 2.75) is 39.0 Å². The predicted molar refractivity (Wildman–Crippen MR) is 69.5 cm³/mol. The molecule has 1 aliphatic rings. The van der Waals surface area contributed by atoms with E-state index in [0.29, 0.717) is 0 Å². The Morgan fingerprint density at radius 2 is 1.81 bits per heavy atom. The number of nitrogens with zero attached hydrogens (tertiary/aromatic N) is 1. The van der Waals surface area contributed by atoms with Crippen LogP contribution in [0.5, 0.6) is 0 Å². The van der Waals surface area contributed by atoms with E-state index < -0.39 is 29.9 Å². The third kappa shape index (κ3) is 2.89. The Hall–Kier alpha value is -1.60. The minimum absolute atomic E-state index is 0.0858. The van der Waals surface area contributed by atoms with Crippen molar-refractivity contribution in [2.24, 2.45) is 11.1 Å². The normalized spacial score (nSPS) is 26.5. The van der Waals surface area contributed by atoms with Gasteiger partial charge in [-0.2, -0.15) is 13.2 Å². The molecule has 0 radical (unpaired) electrons. The third-order valence-electron chi connectivity index (χ3n) is 3.11. The van der Waals surface area contributed by atoms with Crippen LogP contribution in [0.15, 0.2) is 29.4 Å². The van der Waals surface area contributed by atoms with Crippen LogP contribution in [0.2, 0.25) is 0 Å². The summed E-state index contributed by atoms with van der Waals surface area (Å²) >= 11 is 0. The van der Waals surface area contributed by atoms with E-state index in [1.165, 1.54) is 12.1 Å². The Kier molecular flexibility index (Phi) is 3.99. The van der Waals surface area contributed by atoms with E-state index in [-0.39, 0.29) is 5.56 Å². The number of aliphatic hydroxyl groups is 1. The molecule has 2 unspecified atom stereocenters. The Morgan fingerprint density at radius 3 is 2.29 bits per heavy atom. The van der Waals surface area contributed by atoms with Crippen LogP contribution in [0.1, 0.15) is 25.0 Å². The number of ether oxygens (including phenoxy) is 1. The summed E-state index contributed by atoms with van der Waals surface area (Å²) in [6.45, 7) is 5.01. The Morgan fingerprint density at radius 1 is 1.24 bits per heavy atom. The summed E-state index contributed by atoms with van der Waals surface area (Å²) in [4.78, 5) is 4.93. The SMILES string of the molecule is Cc1ccc(C2=NOC(C(C)C)OC2(O)C(F)(F)F)cc1. The Bertz CT molecular complexity index is 539. The second kappa shape index (κ2) is 5.31. The van der Waals surface area contributed by atoms with Gasteiger partial charge in [0, 0.05) is 11.5 Å². The van der Waals surface area contributed by atoms with Crippen molar-refractivity contribution >= 4 is 5.71 Å². The van der Waals surface area contributed by atoms with E-state index in [0.717, 1.165) is 5.56 Å². The molecule has 116 valence electrons. The first kappa shape index (κ1) is 15.8. The van der Waals surface area contributed by atoms with E-state index in [2.05, 4.69) is 5.16 Å². The summed E-state index contributed by atoms with van der Waals surface area (Å²) in [5.41, 5.74) is 0.252. The van der Waals surface area contributed by atoms with E-state index in [4.69, 9.17) is 9.57 Å². The number of oxime groups is 1. The molecule has 0 aliphatic carbocycles. The van der Waals surface area contributed by atoms with Gasteiger partial charge in [-0.3, -0.25) is 4.74 Å². The molecule has 4 nitrogen and oxygen atoms in total. The topological polar surface area (TPSA) is 51.0 Å². The molecule has 1 N–H and O–H groups in total. The minimum atomic E-state index is -5.03. The number of benzene rings is 1. The molecule has 0 amide bonds. The van der Waals surface area contributed by atoms with Gasteiger partial charge in [-0.15, -0.1) is 0 Å². The maximum absolute atomic E-state index is 13.3. The summed E-state index contributed by atoms with van der Waals surface area (Å²) in [5.74, 6) is -3.89. The zero-order valence-electron chi connectivity index (χ0n) is 11.8. The quantitative estimate of drug-likeness (QED) is 0.914. The minimum Gasteiger partial charge on any atom is -0.363 e. The van der Waals surface area contributed by atoms with Gasteiger partial charge in [0.05, 0.1) is 0 Å². The Labute approximate surface area is 120 Å². The number of halogens is 3. The molecule has 7 heteroatoms. The summed E-state index contributed by atoms with van der Waals surface area (Å²) in [7, 11) is 0. The standard InChI is InChI=1S/C14H16F3NO3/c1-8(2)12-20-13(19,14(15,16)17)11(18-21-12)10-6-4-9(3)5-7-10/h4-8,12,19H,1-3H3. The van der Waals surface area contributed by atoms with Gasteiger partial charge in [-0.25, -0.2) is 0 Å². The first-order valence-electron chi connectivity index (χ1n) is 6.43. The van der Waals surface area contributed by atoms with E-state index in [9.17, 15) is 18.3 Å². The number of alkyl halides is 3. The molecule has 1 heterocycles. The number of hydrogen-bond acceptors (Lipinski definition) is 4. The van der Waals surface area contributed by atoms with E-state index >= 15 is 0 Å². The molecule has 0 aromatic heterocycles. The van der Waals surface area contributed by atoms with Crippen LogP contribution in [-0.2, 0) is 9.57 Å². The molecule has 0 bridgehead atoms. The lowest BCUT2D eigenvalue weighted by Crippen LogP contribution is -2.59. The van der Waals surface area contributed by atoms with Crippen molar-refractivity contribution in [2.75, 3.05) is 0 Å². The van der Waals surface area contributed by atoms with Crippen LogP contribution >= 0.6 is 0 Å². The van der Waals surface area contributed by atoms with Gasteiger partial charge in [0.25, 0.3) is 0 Å². The van der Waals surface area contributed by atoms with Gasteiger partial charge in [0.15, 0.2) is 5.71 Å². The van der Waals surface area contributed by atoms with Gasteiger partial charge in [-0.1, -0.05) is 48.8 Å². The first-order valence-corrected chi connectivity index (χ1v) is 6.43. The highest BCUT2D eigenvalue weighted by molar-refractivity contribution is 6.06. The number of aryl methyl sites for hydroxylation is 1. The van der Waals surface area contributed by atoms with Crippen LogP contribution in [0.25, 0.3) is 0 Å². The average molecular weight is 303 g/mol. The Balaban J connectivity index is 2.48. The molecule has 0 spiro atoms. The summed E-state index contributed by atoms with van der Waals surface area (Å²) < 4.78 is 44.6. The van der Waals surface area contributed by atoms with Gasteiger partial charge >= 0.3 is 12.0 Å². The summed E-state index contributed by atoms with van der Waals surface area (Å²) in [6.07, 6.45) is -6.31. The molecule has 0 fully saturated rings. The molecule has 2 atom stereocenters. The molecule has 1 aromatic carbocycles. The average Bonchev–Trinajstić information content (AvgIpc) is 2.38. The fraction of sp³-hybridized carbons (Fsp3) is 0.500. The lowest BCUT2D eigenvalue weighted by atomic mass is 10.00. The monoisotopic (exact) mass is 303 g/mol. The highest BCUT2D eigenvalue weighted by Crippen LogP contribution is 2.39. The number of rotatable bonds is 2. The van der Waals surface area contributed by atoms with Crippen molar-refractivity contribution in [3.05, 3.63) is 35.4 Å². The second-order valence-corrected chi connectivity index (χ2v) is 5.28. The van der Waals surface area contributed by atoms with Crippen molar-refractivity contribution in [3.63, 3.8) is 0 Å². The molecule has 2 rings (SSSR count). The van der Waals surface area contributed by atoms with Gasteiger partial charge in [0.2, 0.25) is 6.29 Å². The van der Waals surface area contributed by atoms with Crippen molar-refractivity contribution in [3.8, 4) is 0 Å². The van der Waals surface area contributed by atoms with Crippen molar-refractivity contribution in [1.82, 2.24) is 0 Å². The van der Waals surface area contributed by atoms with E-state index in [1.54, 1.807) is 32.9 Å². The maximum Gasteiger partial charge on any atom is 0.450 e. The molecule has 0 saturated heterocycles. The highest BCUT2D eigenvalue weighted by atomic mass is 19.4. The summed E-state index contributed by atoms with van der Waals surface area (Å²) in [6, 6.07) is 6.08. The fourth-order valence-corrected chi connectivity index (χ4v) is 1.83. The number of hydrogen-bond donors (Lipinski definition) is 1. The fourth-order valence-electron chi connectivity index (χ4n) is 1.83. The zero-order chi connectivity index (χ0) is 15.8. The molecule has 21 heavy (non-hydrogen) atoms. The van der Waals surface area contributed by atoms with Crippen LogP contribution in [-0.4, -0.2) is 29.1 Å². The molecule has 0 saturated carbocycles. The highest BCUT2D eigenvalue weighted by Gasteiger charge is 2.63. The lowest BCUT2D eigenvalue weighted by Gasteiger charge is -2.38. The van der Waals surface area contributed by atoms with Gasteiger partial charge in [0.1, 0.15) is 0 Å². The van der Waals surface area contributed by atoms with E-state index in [1.807, 2.05) is 0 Å². The molecule has 1 aromatic rings. The van der Waals surface area contributed by atoms with Crippen LogP contribution in [0.3, 0.4) is 0 Å². The smallest absolute Gasteiger partial charge is 0.363 e. The molecular formula is C14H16F3NO3. The van der Waals surface area contributed by atoms with Gasteiger partial charge < -0.3 is 9.94 Å². The predicted octanol–water partition coefficient (Wildman–Crippen LogP) is 2.98. The van der Waals surface area contributed by atoms with Crippen LogP contribution < -0.4 is 0 Å². The first-order chi connectivity index (χ1) is 9.65. The molecular weight excluding hydrogens is 287 g/mol. The largest absolute Gasteiger partial charge is 0.450 e. The molecule has 1 aliphatic heterocycles.